The van der Waals surface area contributed by atoms with Crippen molar-refractivity contribution in [1.29, 1.82) is 0 Å². The van der Waals surface area contributed by atoms with E-state index in [1.54, 1.807) is 58.0 Å². The molecule has 0 radical (unpaired) electrons. The minimum Gasteiger partial charge on any atom is -0.480 e. The van der Waals surface area contributed by atoms with E-state index in [-0.39, 0.29) is 25.3 Å². The number of hydrogen-bond donors (Lipinski definition) is 10. The summed E-state index contributed by atoms with van der Waals surface area (Å²) in [5.41, 5.74) is 6.13. The number of aliphatic carboxylic acids is 1. The Labute approximate surface area is 290 Å². The summed E-state index contributed by atoms with van der Waals surface area (Å²) in [6.07, 6.45) is 0.736. The van der Waals surface area contributed by atoms with Gasteiger partial charge in [0.05, 0.1) is 26.2 Å². The average Bonchev–Trinajstić information content (AvgIpc) is 3.08. The van der Waals surface area contributed by atoms with E-state index in [0.29, 0.717) is 6.42 Å². The molecule has 1 aromatic carbocycles. The first-order chi connectivity index (χ1) is 23.6. The molecule has 5 atom stereocenters. The molecule has 278 valence electrons. The van der Waals surface area contributed by atoms with Gasteiger partial charge in [0.25, 0.3) is 0 Å². The first-order valence-electron chi connectivity index (χ1n) is 16.2. The summed E-state index contributed by atoms with van der Waals surface area (Å²) >= 11 is 0. The Morgan fingerprint density at radius 1 is 0.680 bits per heavy atom. The van der Waals surface area contributed by atoms with Crippen molar-refractivity contribution >= 4 is 47.3 Å². The van der Waals surface area contributed by atoms with Crippen LogP contribution in [0.3, 0.4) is 0 Å². The maximum Gasteiger partial charge on any atom is 0.322 e. The van der Waals surface area contributed by atoms with Gasteiger partial charge < -0.3 is 53.2 Å². The van der Waals surface area contributed by atoms with Crippen molar-refractivity contribution < 1.29 is 48.6 Å². The van der Waals surface area contributed by atoms with Crippen LogP contribution in [0.25, 0.3) is 0 Å². The highest BCUT2D eigenvalue weighted by Crippen LogP contribution is 2.09. The van der Waals surface area contributed by atoms with Gasteiger partial charge in [0.2, 0.25) is 41.4 Å². The van der Waals surface area contributed by atoms with Crippen molar-refractivity contribution in [2.75, 3.05) is 32.8 Å². The lowest BCUT2D eigenvalue weighted by Crippen LogP contribution is -2.58. The molecular weight excluding hydrogens is 656 g/mol. The van der Waals surface area contributed by atoms with E-state index < -0.39 is 104 Å². The SMILES string of the molecule is CC[C@H](C)[C@H](NC(=O)CNC(=O)[C@H](Cc1ccccc1)NC(=O)CN)C(=O)N[C@@H](CO)C(=O)NCC(=O)N[C@@H](CC(C)C)C(=O)NCC(=O)O. The van der Waals surface area contributed by atoms with Gasteiger partial charge in [0.15, 0.2) is 0 Å². The summed E-state index contributed by atoms with van der Waals surface area (Å²) in [5.74, 6) is -6.99. The third-order valence-corrected chi connectivity index (χ3v) is 7.37. The number of benzene rings is 1. The molecule has 0 fully saturated rings. The van der Waals surface area contributed by atoms with E-state index in [0.717, 1.165) is 5.56 Å². The number of carbonyl (C=O) groups excluding carboxylic acids is 7. The molecule has 11 N–H and O–H groups in total. The summed E-state index contributed by atoms with van der Waals surface area (Å²) in [6, 6.07) is 4.05. The van der Waals surface area contributed by atoms with Crippen LogP contribution in [0.5, 0.6) is 0 Å². The van der Waals surface area contributed by atoms with E-state index in [1.165, 1.54) is 0 Å². The summed E-state index contributed by atoms with van der Waals surface area (Å²) in [5, 5.41) is 35.3. The first kappa shape index (κ1) is 42.9. The van der Waals surface area contributed by atoms with E-state index >= 15 is 0 Å². The molecule has 18 nitrogen and oxygen atoms in total. The molecule has 0 saturated heterocycles. The Morgan fingerprint density at radius 3 is 1.72 bits per heavy atom. The topological polar surface area (TPSA) is 287 Å². The molecule has 1 aromatic rings. The molecule has 50 heavy (non-hydrogen) atoms. The number of nitrogens with one attached hydrogen (secondary N) is 7. The maximum absolute atomic E-state index is 13.2. The normalized spacial score (nSPS) is 13.7. The lowest BCUT2D eigenvalue weighted by Gasteiger charge is -2.26. The zero-order chi connectivity index (χ0) is 37.8. The predicted molar refractivity (Wildman–Crippen MR) is 180 cm³/mol. The van der Waals surface area contributed by atoms with Crippen molar-refractivity contribution in [2.24, 2.45) is 17.6 Å². The van der Waals surface area contributed by atoms with Crippen molar-refractivity contribution in [3.8, 4) is 0 Å². The molecule has 1 rings (SSSR count). The maximum atomic E-state index is 13.2. The fourth-order valence-electron chi connectivity index (χ4n) is 4.51. The van der Waals surface area contributed by atoms with Crippen LogP contribution < -0.4 is 43.0 Å². The van der Waals surface area contributed by atoms with E-state index in [4.69, 9.17) is 10.8 Å². The fraction of sp³-hybridized carbons (Fsp3) is 0.562. The Morgan fingerprint density at radius 2 is 1.20 bits per heavy atom. The number of amides is 7. The van der Waals surface area contributed by atoms with Gasteiger partial charge in [-0.2, -0.15) is 0 Å². The number of aliphatic hydroxyl groups is 1. The average molecular weight is 707 g/mol. The van der Waals surface area contributed by atoms with Crippen LogP contribution >= 0.6 is 0 Å². The second-order valence-electron chi connectivity index (χ2n) is 12.0. The van der Waals surface area contributed by atoms with Gasteiger partial charge >= 0.3 is 5.97 Å². The first-order valence-corrected chi connectivity index (χ1v) is 16.2. The number of rotatable bonds is 22. The molecule has 0 aromatic heterocycles. The van der Waals surface area contributed by atoms with Crippen LogP contribution in [0.2, 0.25) is 0 Å². The monoisotopic (exact) mass is 706 g/mol. The van der Waals surface area contributed by atoms with Gasteiger partial charge in [-0.25, -0.2) is 0 Å². The van der Waals surface area contributed by atoms with Crippen molar-refractivity contribution in [3.63, 3.8) is 0 Å². The van der Waals surface area contributed by atoms with Gasteiger partial charge in [-0.1, -0.05) is 64.4 Å². The van der Waals surface area contributed by atoms with E-state index in [1.807, 2.05) is 0 Å². The quantitative estimate of drug-likeness (QED) is 0.0568. The van der Waals surface area contributed by atoms with Crippen LogP contribution in [-0.2, 0) is 44.8 Å². The summed E-state index contributed by atoms with van der Waals surface area (Å²) < 4.78 is 0. The van der Waals surface area contributed by atoms with Gasteiger partial charge in [0, 0.05) is 6.42 Å². The number of hydrogen-bond acceptors (Lipinski definition) is 10. The highest BCUT2D eigenvalue weighted by Gasteiger charge is 2.31. The Hall–Kier alpha value is -5.10. The zero-order valence-corrected chi connectivity index (χ0v) is 28.7. The fourth-order valence-corrected chi connectivity index (χ4v) is 4.51. The molecule has 0 saturated carbocycles. The Bertz CT molecular complexity index is 1330. The molecule has 18 heteroatoms. The molecule has 7 amide bonds. The van der Waals surface area contributed by atoms with Gasteiger partial charge in [-0.3, -0.25) is 38.4 Å². The second-order valence-corrected chi connectivity index (χ2v) is 12.0. The number of carboxylic acids is 1. The molecule has 0 aliphatic rings. The Balaban J connectivity index is 2.82. The number of aliphatic hydroxyl groups excluding tert-OH is 1. The lowest BCUT2D eigenvalue weighted by molar-refractivity contribution is -0.138. The van der Waals surface area contributed by atoms with E-state index in [2.05, 4.69) is 37.2 Å². The van der Waals surface area contributed by atoms with Crippen LogP contribution in [0, 0.1) is 11.8 Å². The standard InChI is InChI=1S/C32H50N8O10/c1-5-19(4)28(40-26(44)15-34-30(48)22(37-24(42)13-33)12-20-9-7-6-8-10-20)32(50)39-23(17-41)31(49)35-14-25(43)38-21(11-18(2)3)29(47)36-16-27(45)46/h6-10,18-19,21-23,28,41H,5,11-17,33H2,1-4H3,(H,34,48)(H,35,49)(H,36,47)(H,37,42)(H,38,43)(H,39,50)(H,40,44)(H,45,46)/t19-,21-,22-,23-,28-/m0/s1. The lowest BCUT2D eigenvalue weighted by atomic mass is 9.98. The molecular formula is C32H50N8O10. The number of nitrogens with two attached hydrogens (primary N) is 1. The van der Waals surface area contributed by atoms with Crippen molar-refractivity contribution in [3.05, 3.63) is 35.9 Å². The van der Waals surface area contributed by atoms with Crippen molar-refractivity contribution in [2.45, 2.75) is 71.1 Å². The molecule has 0 unspecified atom stereocenters. The number of carboxylic acid groups (broad SMARTS) is 1. The molecule has 0 heterocycles. The van der Waals surface area contributed by atoms with Gasteiger partial charge in [-0.05, 0) is 23.8 Å². The van der Waals surface area contributed by atoms with Gasteiger partial charge in [0.1, 0.15) is 30.7 Å². The largest absolute Gasteiger partial charge is 0.480 e. The minimum absolute atomic E-state index is 0.0461. The minimum atomic E-state index is -1.52. The summed E-state index contributed by atoms with van der Waals surface area (Å²) in [4.78, 5) is 99.3. The summed E-state index contributed by atoms with van der Waals surface area (Å²) in [7, 11) is 0. The Kier molecular flexibility index (Phi) is 19.3. The molecule has 0 bridgehead atoms. The van der Waals surface area contributed by atoms with Crippen molar-refractivity contribution in [1.82, 2.24) is 37.2 Å². The van der Waals surface area contributed by atoms with E-state index in [9.17, 15) is 43.5 Å². The predicted octanol–water partition coefficient (Wildman–Crippen LogP) is -3.36. The van der Waals surface area contributed by atoms with Crippen LogP contribution in [0.4, 0.5) is 0 Å². The second kappa shape index (κ2) is 22.5. The third kappa shape index (κ3) is 16.3. The highest BCUT2D eigenvalue weighted by atomic mass is 16.4. The van der Waals surface area contributed by atoms with Crippen LogP contribution in [0.15, 0.2) is 30.3 Å². The van der Waals surface area contributed by atoms with Gasteiger partial charge in [-0.15, -0.1) is 0 Å². The number of carbonyl (C=O) groups is 8. The van der Waals surface area contributed by atoms with Crippen LogP contribution in [0.1, 0.15) is 46.1 Å². The van der Waals surface area contributed by atoms with Crippen LogP contribution in [-0.4, -0.2) is 114 Å². The molecule has 0 aliphatic heterocycles. The third-order valence-electron chi connectivity index (χ3n) is 7.37. The molecule has 0 spiro atoms. The zero-order valence-electron chi connectivity index (χ0n) is 28.7. The summed E-state index contributed by atoms with van der Waals surface area (Å²) in [6.45, 7) is 3.98. The smallest absolute Gasteiger partial charge is 0.322 e. The molecule has 0 aliphatic carbocycles. The highest BCUT2D eigenvalue weighted by molar-refractivity contribution is 5.96.